The van der Waals surface area contributed by atoms with Crippen LogP contribution in [0, 0.1) is 0 Å². The lowest BCUT2D eigenvalue weighted by Crippen LogP contribution is -2.51. The van der Waals surface area contributed by atoms with Crippen molar-refractivity contribution in [2.75, 3.05) is 12.4 Å². The number of hydrogen-bond acceptors (Lipinski definition) is 4. The van der Waals surface area contributed by atoms with Crippen molar-refractivity contribution in [3.8, 4) is 0 Å². The monoisotopic (exact) mass is 315 g/mol. The van der Waals surface area contributed by atoms with Crippen molar-refractivity contribution >= 4 is 22.9 Å². The second kappa shape index (κ2) is 6.48. The van der Waals surface area contributed by atoms with E-state index in [0.717, 1.165) is 37.1 Å². The predicted molar refractivity (Wildman–Crippen MR) is 89.9 cm³/mol. The summed E-state index contributed by atoms with van der Waals surface area (Å²) in [5.41, 5.74) is 3.31. The normalized spacial score (nSPS) is 16.4. The summed E-state index contributed by atoms with van der Waals surface area (Å²) in [6.07, 6.45) is 3.97. The zero-order valence-electron chi connectivity index (χ0n) is 12.8. The molecular formula is C17H21N3OS. The third-order valence-corrected chi connectivity index (χ3v) is 4.89. The molecule has 1 aliphatic rings. The fourth-order valence-electron chi connectivity index (χ4n) is 3.16. The number of benzene rings is 1. The minimum atomic E-state index is -0.466. The third-order valence-electron chi connectivity index (χ3n) is 4.25. The number of aromatic nitrogens is 1. The smallest absolute Gasteiger partial charge is 0.248 e. The predicted octanol–water partition coefficient (Wildman–Crippen LogP) is 3.53. The Bertz CT molecular complexity index is 606. The number of rotatable bonds is 5. The van der Waals surface area contributed by atoms with Gasteiger partial charge in [0.2, 0.25) is 5.91 Å². The first-order valence-electron chi connectivity index (χ1n) is 7.65. The van der Waals surface area contributed by atoms with E-state index in [0.29, 0.717) is 6.54 Å². The van der Waals surface area contributed by atoms with Crippen molar-refractivity contribution in [3.63, 3.8) is 0 Å². The van der Waals surface area contributed by atoms with Crippen LogP contribution in [0.5, 0.6) is 0 Å². The average Bonchev–Trinajstić information content (AvgIpc) is 3.20. The molecule has 0 radical (unpaired) electrons. The van der Waals surface area contributed by atoms with Gasteiger partial charge in [0.05, 0.1) is 17.7 Å². The summed E-state index contributed by atoms with van der Waals surface area (Å²) in [4.78, 5) is 19.1. The Kier molecular flexibility index (Phi) is 4.43. The minimum absolute atomic E-state index is 0.168. The number of nitrogens with zero attached hydrogens (tertiary/aromatic N) is 2. The van der Waals surface area contributed by atoms with E-state index in [-0.39, 0.29) is 5.91 Å². The van der Waals surface area contributed by atoms with Crippen molar-refractivity contribution in [3.05, 3.63) is 46.9 Å². The number of likely N-dealkylation sites (N-methyl/N-ethyl adjacent to an activating group) is 1. The molecule has 0 unspecified atom stereocenters. The van der Waals surface area contributed by atoms with E-state index >= 15 is 0 Å². The summed E-state index contributed by atoms with van der Waals surface area (Å²) < 4.78 is 0. The Balaban J connectivity index is 1.76. The summed E-state index contributed by atoms with van der Waals surface area (Å²) in [7, 11) is 1.87. The summed E-state index contributed by atoms with van der Waals surface area (Å²) >= 11 is 1.56. The molecule has 1 aliphatic carbocycles. The average molecular weight is 315 g/mol. The van der Waals surface area contributed by atoms with Crippen LogP contribution in [0.4, 0.5) is 5.69 Å². The molecule has 22 heavy (non-hydrogen) atoms. The van der Waals surface area contributed by atoms with E-state index in [9.17, 15) is 4.79 Å². The Labute approximate surface area is 135 Å². The van der Waals surface area contributed by atoms with Gasteiger partial charge in [-0.25, -0.2) is 4.98 Å². The Morgan fingerprint density at radius 2 is 2.05 bits per heavy atom. The van der Waals surface area contributed by atoms with Crippen molar-refractivity contribution in [2.45, 2.75) is 37.8 Å². The molecule has 5 heteroatoms. The molecule has 1 saturated carbocycles. The van der Waals surface area contributed by atoms with Crippen LogP contribution >= 0.6 is 11.3 Å². The number of nitrogens with one attached hydrogen (secondary N) is 1. The number of carbonyl (C=O) groups is 1. The van der Waals surface area contributed by atoms with Gasteiger partial charge >= 0.3 is 0 Å². The number of anilines is 1. The van der Waals surface area contributed by atoms with Gasteiger partial charge in [0, 0.05) is 18.1 Å². The van der Waals surface area contributed by atoms with Gasteiger partial charge in [-0.2, -0.15) is 0 Å². The molecule has 1 amide bonds. The van der Waals surface area contributed by atoms with Gasteiger partial charge in [-0.1, -0.05) is 31.0 Å². The maximum Gasteiger partial charge on any atom is 0.248 e. The van der Waals surface area contributed by atoms with E-state index in [1.54, 1.807) is 21.7 Å². The molecule has 1 heterocycles. The number of thiazole rings is 1. The number of hydrogen-bond donors (Lipinski definition) is 1. The molecule has 1 N–H and O–H groups in total. The second-order valence-corrected chi connectivity index (χ2v) is 6.64. The highest BCUT2D eigenvalue weighted by molar-refractivity contribution is 7.07. The highest BCUT2D eigenvalue weighted by atomic mass is 32.1. The van der Waals surface area contributed by atoms with E-state index in [1.807, 2.05) is 42.8 Å². The Hall–Kier alpha value is -1.88. The molecule has 0 saturated heterocycles. The molecule has 2 aromatic rings. The van der Waals surface area contributed by atoms with Crippen LogP contribution in [0.15, 0.2) is 41.2 Å². The van der Waals surface area contributed by atoms with Crippen molar-refractivity contribution in [1.82, 2.24) is 9.88 Å². The molecule has 0 aliphatic heterocycles. The van der Waals surface area contributed by atoms with Gasteiger partial charge in [0.1, 0.15) is 5.54 Å². The van der Waals surface area contributed by atoms with Crippen LogP contribution in [0.3, 0.4) is 0 Å². The SMILES string of the molecule is CN(Cc1cscn1)C(=O)C1(Nc2ccccc2)CCCC1. The zero-order chi connectivity index (χ0) is 15.4. The number of para-hydroxylation sites is 1. The quantitative estimate of drug-likeness (QED) is 0.918. The second-order valence-electron chi connectivity index (χ2n) is 5.92. The highest BCUT2D eigenvalue weighted by Crippen LogP contribution is 2.35. The maximum absolute atomic E-state index is 13.0. The molecule has 1 aromatic heterocycles. The molecule has 0 bridgehead atoms. The summed E-state index contributed by atoms with van der Waals surface area (Å²) in [5, 5.41) is 5.50. The first kappa shape index (κ1) is 15.0. The summed E-state index contributed by atoms with van der Waals surface area (Å²) in [6, 6.07) is 10.0. The largest absolute Gasteiger partial charge is 0.371 e. The van der Waals surface area contributed by atoms with E-state index < -0.39 is 5.54 Å². The molecule has 3 rings (SSSR count). The van der Waals surface area contributed by atoms with Gasteiger partial charge in [0.25, 0.3) is 0 Å². The van der Waals surface area contributed by atoms with Crippen LogP contribution < -0.4 is 5.32 Å². The summed E-state index contributed by atoms with van der Waals surface area (Å²) in [5.74, 6) is 0.168. The fraction of sp³-hybridized carbons (Fsp3) is 0.412. The Morgan fingerprint density at radius 1 is 1.32 bits per heavy atom. The topological polar surface area (TPSA) is 45.2 Å². The van der Waals surface area contributed by atoms with Crippen LogP contribution in [0.1, 0.15) is 31.4 Å². The summed E-state index contributed by atoms with van der Waals surface area (Å²) in [6.45, 7) is 0.570. The molecule has 4 nitrogen and oxygen atoms in total. The van der Waals surface area contributed by atoms with E-state index in [2.05, 4.69) is 10.3 Å². The number of amides is 1. The van der Waals surface area contributed by atoms with Crippen LogP contribution in [-0.2, 0) is 11.3 Å². The first-order valence-corrected chi connectivity index (χ1v) is 8.60. The van der Waals surface area contributed by atoms with Gasteiger partial charge in [-0.15, -0.1) is 11.3 Å². The van der Waals surface area contributed by atoms with Crippen molar-refractivity contribution < 1.29 is 4.79 Å². The lowest BCUT2D eigenvalue weighted by molar-refractivity contribution is -0.135. The van der Waals surface area contributed by atoms with E-state index in [4.69, 9.17) is 0 Å². The first-order chi connectivity index (χ1) is 10.7. The molecule has 1 aromatic carbocycles. The minimum Gasteiger partial charge on any atom is -0.371 e. The van der Waals surface area contributed by atoms with Gasteiger partial charge in [-0.3, -0.25) is 4.79 Å². The molecule has 116 valence electrons. The fourth-order valence-corrected chi connectivity index (χ4v) is 3.71. The van der Waals surface area contributed by atoms with E-state index in [1.165, 1.54) is 0 Å². The van der Waals surface area contributed by atoms with Gasteiger partial charge in [0.15, 0.2) is 0 Å². The zero-order valence-corrected chi connectivity index (χ0v) is 13.6. The van der Waals surface area contributed by atoms with Gasteiger partial charge < -0.3 is 10.2 Å². The standard InChI is InChI=1S/C17H21N3OS/c1-20(11-15-12-22-13-18-15)16(21)17(9-5-6-10-17)19-14-7-3-2-4-8-14/h2-4,7-8,12-13,19H,5-6,9-11H2,1H3. The van der Waals surface area contributed by atoms with Crippen LogP contribution in [-0.4, -0.2) is 28.4 Å². The molecular weight excluding hydrogens is 294 g/mol. The van der Waals surface area contributed by atoms with Crippen LogP contribution in [0.2, 0.25) is 0 Å². The third kappa shape index (κ3) is 3.14. The number of carbonyl (C=O) groups excluding carboxylic acids is 1. The molecule has 1 fully saturated rings. The lowest BCUT2D eigenvalue weighted by atomic mass is 9.95. The van der Waals surface area contributed by atoms with Gasteiger partial charge in [-0.05, 0) is 25.0 Å². The van der Waals surface area contributed by atoms with Crippen molar-refractivity contribution in [2.24, 2.45) is 0 Å². The Morgan fingerprint density at radius 3 is 2.68 bits per heavy atom. The van der Waals surface area contributed by atoms with Crippen molar-refractivity contribution in [1.29, 1.82) is 0 Å². The maximum atomic E-state index is 13.0. The molecule has 0 atom stereocenters. The lowest BCUT2D eigenvalue weighted by Gasteiger charge is -2.34. The molecule has 0 spiro atoms. The highest BCUT2D eigenvalue weighted by Gasteiger charge is 2.42. The van der Waals surface area contributed by atoms with Crippen LogP contribution in [0.25, 0.3) is 0 Å².